The molecule has 0 fully saturated rings. The summed E-state index contributed by atoms with van der Waals surface area (Å²) in [6.45, 7) is 1.65. The van der Waals surface area contributed by atoms with Crippen LogP contribution in [0.4, 0.5) is 5.69 Å². The summed E-state index contributed by atoms with van der Waals surface area (Å²) in [6.07, 6.45) is 1.49. The highest BCUT2D eigenvalue weighted by atomic mass is 35.5. The molecule has 3 heterocycles. The first kappa shape index (κ1) is 21.5. The number of non-ortho nitro benzene ring substituents is 1. The Kier molecular flexibility index (Phi) is 5.64. The zero-order valence-electron chi connectivity index (χ0n) is 16.7. The number of esters is 1. The molecule has 0 saturated heterocycles. The minimum atomic E-state index is -0.539. The molecule has 0 amide bonds. The number of nitro benzene ring substituents is 1. The van der Waals surface area contributed by atoms with Gasteiger partial charge in [0.25, 0.3) is 11.2 Å². The summed E-state index contributed by atoms with van der Waals surface area (Å²) >= 11 is 7.42. The van der Waals surface area contributed by atoms with Gasteiger partial charge in [-0.2, -0.15) is 0 Å². The van der Waals surface area contributed by atoms with E-state index < -0.39 is 16.5 Å². The number of aryl methyl sites for hydroxylation is 1. The Balaban J connectivity index is 1.66. The first-order chi connectivity index (χ1) is 15.3. The first-order valence-electron chi connectivity index (χ1n) is 9.12. The van der Waals surface area contributed by atoms with Gasteiger partial charge in [-0.1, -0.05) is 11.6 Å². The van der Waals surface area contributed by atoms with Crippen molar-refractivity contribution in [2.75, 3.05) is 7.11 Å². The Hall–Kier alpha value is -3.76. The van der Waals surface area contributed by atoms with Crippen molar-refractivity contribution >= 4 is 55.9 Å². The Morgan fingerprint density at radius 2 is 2.00 bits per heavy atom. The van der Waals surface area contributed by atoms with Gasteiger partial charge in [0.15, 0.2) is 5.82 Å². The molecular weight excluding hydrogens is 458 g/mol. The number of nitro groups is 1. The van der Waals surface area contributed by atoms with E-state index >= 15 is 0 Å². The molecule has 162 valence electrons. The average Bonchev–Trinajstić information content (AvgIpc) is 3.37. The highest BCUT2D eigenvalue weighted by Crippen LogP contribution is 2.30. The molecule has 32 heavy (non-hydrogen) atoms. The second kappa shape index (κ2) is 8.40. The molecule has 0 spiro atoms. The van der Waals surface area contributed by atoms with E-state index in [2.05, 4.69) is 9.97 Å². The normalized spacial score (nSPS) is 11.7. The van der Waals surface area contributed by atoms with Crippen LogP contribution in [0.1, 0.15) is 26.8 Å². The van der Waals surface area contributed by atoms with E-state index in [-0.39, 0.29) is 16.5 Å². The summed E-state index contributed by atoms with van der Waals surface area (Å²) in [5, 5.41) is 11.2. The molecule has 0 aliphatic carbocycles. The van der Waals surface area contributed by atoms with E-state index in [1.165, 1.54) is 25.3 Å². The predicted octanol–water partition coefficient (Wildman–Crippen LogP) is 4.98. The number of benzene rings is 1. The Morgan fingerprint density at radius 1 is 1.28 bits per heavy atom. The molecule has 11 heteroatoms. The van der Waals surface area contributed by atoms with E-state index in [4.69, 9.17) is 20.8 Å². The lowest BCUT2D eigenvalue weighted by atomic mass is 10.1. The van der Waals surface area contributed by atoms with Gasteiger partial charge in [0, 0.05) is 23.8 Å². The van der Waals surface area contributed by atoms with Gasteiger partial charge in [0.05, 0.1) is 22.5 Å². The third-order valence-electron chi connectivity index (χ3n) is 4.66. The smallest absolute Gasteiger partial charge is 0.348 e. The van der Waals surface area contributed by atoms with Crippen LogP contribution in [0.5, 0.6) is 0 Å². The summed E-state index contributed by atoms with van der Waals surface area (Å²) < 4.78 is 10.5. The fourth-order valence-corrected chi connectivity index (χ4v) is 4.37. The highest BCUT2D eigenvalue weighted by molar-refractivity contribution is 7.20. The molecular formula is C21H14ClN3O6S. The van der Waals surface area contributed by atoms with Crippen LogP contribution in [0.3, 0.4) is 0 Å². The number of aromatic nitrogens is 2. The van der Waals surface area contributed by atoms with Crippen molar-refractivity contribution in [3.63, 3.8) is 0 Å². The van der Waals surface area contributed by atoms with Crippen molar-refractivity contribution in [2.24, 2.45) is 0 Å². The fourth-order valence-electron chi connectivity index (χ4n) is 3.07. The Bertz CT molecular complexity index is 1450. The van der Waals surface area contributed by atoms with Gasteiger partial charge < -0.3 is 14.1 Å². The van der Waals surface area contributed by atoms with Crippen molar-refractivity contribution in [3.8, 4) is 11.3 Å². The van der Waals surface area contributed by atoms with Crippen molar-refractivity contribution in [2.45, 2.75) is 6.92 Å². The van der Waals surface area contributed by atoms with Crippen LogP contribution >= 0.6 is 22.9 Å². The molecule has 0 atom stereocenters. The number of furan rings is 1. The summed E-state index contributed by atoms with van der Waals surface area (Å²) in [5.41, 5.74) is 0.708. The molecule has 0 saturated carbocycles. The second-order valence-electron chi connectivity index (χ2n) is 6.64. The zero-order valence-corrected chi connectivity index (χ0v) is 18.2. The third-order valence-corrected chi connectivity index (χ3v) is 6.11. The number of methoxy groups -OCH3 is 1. The number of halogens is 1. The molecule has 0 aliphatic rings. The molecule has 3 aromatic heterocycles. The molecule has 1 N–H and O–H groups in total. The maximum absolute atomic E-state index is 12.6. The van der Waals surface area contributed by atoms with E-state index in [0.717, 1.165) is 11.3 Å². The lowest BCUT2D eigenvalue weighted by Crippen LogP contribution is -2.10. The van der Waals surface area contributed by atoms with Gasteiger partial charge in [-0.15, -0.1) is 11.3 Å². The minimum absolute atomic E-state index is 0.0203. The summed E-state index contributed by atoms with van der Waals surface area (Å²) in [7, 11) is 1.27. The maximum Gasteiger partial charge on any atom is 0.348 e. The van der Waals surface area contributed by atoms with Crippen molar-refractivity contribution in [1.29, 1.82) is 0 Å². The number of thiophene rings is 1. The number of nitrogens with zero attached hydrogens (tertiary/aromatic N) is 2. The van der Waals surface area contributed by atoms with Crippen LogP contribution in [-0.2, 0) is 4.74 Å². The van der Waals surface area contributed by atoms with Crippen LogP contribution < -0.4 is 5.56 Å². The van der Waals surface area contributed by atoms with Crippen molar-refractivity contribution in [1.82, 2.24) is 9.97 Å². The predicted molar refractivity (Wildman–Crippen MR) is 121 cm³/mol. The quantitative estimate of drug-likeness (QED) is 0.247. The monoisotopic (exact) mass is 471 g/mol. The average molecular weight is 472 g/mol. The van der Waals surface area contributed by atoms with E-state index in [9.17, 15) is 19.7 Å². The molecule has 1 aromatic carbocycles. The summed E-state index contributed by atoms with van der Waals surface area (Å²) in [5.74, 6) is 0.463. The zero-order chi connectivity index (χ0) is 23.0. The minimum Gasteiger partial charge on any atom is -0.465 e. The molecule has 0 unspecified atom stereocenters. The number of H-pyrrole nitrogens is 1. The SMILES string of the molecule is COC(=O)c1sc2nc(/C(Cl)=C/c3ccc(-c4ccc([N+](=O)[O-])cc4)o3)[nH]c(=O)c2c1C. The van der Waals surface area contributed by atoms with Gasteiger partial charge >= 0.3 is 5.97 Å². The number of fused-ring (bicyclic) bond motifs is 1. The number of hydrogen-bond acceptors (Lipinski definition) is 8. The topological polar surface area (TPSA) is 128 Å². The lowest BCUT2D eigenvalue weighted by Gasteiger charge is -1.99. The Labute approximate surface area is 189 Å². The fraction of sp³-hybridized carbons (Fsp3) is 0.0952. The number of carbonyl (C=O) groups excluding carboxylic acids is 1. The van der Waals surface area contributed by atoms with Crippen molar-refractivity contribution in [3.05, 3.63) is 78.9 Å². The molecule has 0 bridgehead atoms. The van der Waals surface area contributed by atoms with Crippen LogP contribution in [0.25, 0.3) is 32.6 Å². The number of hydrogen-bond donors (Lipinski definition) is 1. The van der Waals surface area contributed by atoms with E-state index in [0.29, 0.717) is 37.7 Å². The largest absolute Gasteiger partial charge is 0.465 e. The first-order valence-corrected chi connectivity index (χ1v) is 10.3. The van der Waals surface area contributed by atoms with E-state index in [1.54, 1.807) is 31.2 Å². The van der Waals surface area contributed by atoms with Gasteiger partial charge in [0.1, 0.15) is 21.2 Å². The molecule has 9 nitrogen and oxygen atoms in total. The molecule has 0 aliphatic heterocycles. The standard InChI is InChI=1S/C21H14ClN3O6S/c1-10-16-19(26)23-18(24-20(16)32-17(10)21(27)30-2)14(22)9-13-7-8-15(31-13)11-3-5-12(6-4-11)25(28)29/h3-9H,1-2H3,(H,23,24,26)/b14-9-. The number of aromatic amines is 1. The van der Waals surface area contributed by atoms with Gasteiger partial charge in [-0.05, 0) is 36.8 Å². The van der Waals surface area contributed by atoms with Crippen molar-refractivity contribution < 1.29 is 18.9 Å². The number of ether oxygens (including phenoxy) is 1. The lowest BCUT2D eigenvalue weighted by molar-refractivity contribution is -0.384. The molecule has 0 radical (unpaired) electrons. The third kappa shape index (κ3) is 3.93. The van der Waals surface area contributed by atoms with E-state index in [1.807, 2.05) is 0 Å². The number of rotatable bonds is 5. The number of carbonyl (C=O) groups is 1. The Morgan fingerprint density at radius 3 is 2.66 bits per heavy atom. The highest BCUT2D eigenvalue weighted by Gasteiger charge is 2.20. The second-order valence-corrected chi connectivity index (χ2v) is 8.05. The maximum atomic E-state index is 12.6. The van der Waals surface area contributed by atoms with Gasteiger partial charge in [-0.3, -0.25) is 14.9 Å². The van der Waals surface area contributed by atoms with Crippen LogP contribution in [0.2, 0.25) is 0 Å². The molecule has 4 rings (SSSR count). The summed E-state index contributed by atoms with van der Waals surface area (Å²) in [6, 6.07) is 9.29. The summed E-state index contributed by atoms with van der Waals surface area (Å²) in [4.78, 5) is 42.4. The van der Waals surface area contributed by atoms with Gasteiger partial charge in [-0.25, -0.2) is 9.78 Å². The van der Waals surface area contributed by atoms with Crippen LogP contribution in [0, 0.1) is 17.0 Å². The molecule has 4 aromatic rings. The van der Waals surface area contributed by atoms with Crippen LogP contribution in [0.15, 0.2) is 45.6 Å². The number of nitrogens with one attached hydrogen (secondary N) is 1. The van der Waals surface area contributed by atoms with Gasteiger partial charge in [0.2, 0.25) is 0 Å². The van der Waals surface area contributed by atoms with Crippen LogP contribution in [-0.4, -0.2) is 28.0 Å².